The number of rotatable bonds is 11. The molecule has 0 radical (unpaired) electrons. The topological polar surface area (TPSA) is 39.7 Å². The van der Waals surface area contributed by atoms with E-state index < -0.39 is 0 Å². The summed E-state index contributed by atoms with van der Waals surface area (Å²) in [7, 11) is 1.72. The predicted octanol–water partition coefficient (Wildman–Crippen LogP) is 4.44. The Labute approximate surface area is 155 Å². The minimum Gasteiger partial charge on any atom is -0.490 e. The van der Waals surface area contributed by atoms with E-state index in [2.05, 4.69) is 11.4 Å². The zero-order valence-electron chi connectivity index (χ0n) is 14.9. The zero-order chi connectivity index (χ0) is 17.9. The smallest absolute Gasteiger partial charge is 0.166 e. The van der Waals surface area contributed by atoms with Crippen LogP contribution in [0.15, 0.2) is 42.5 Å². The summed E-state index contributed by atoms with van der Waals surface area (Å²) in [6.45, 7) is 5.41. The molecule has 4 nitrogen and oxygen atoms in total. The fraction of sp³-hybridized carbons (Fsp3) is 0.400. The van der Waals surface area contributed by atoms with Crippen LogP contribution < -0.4 is 14.8 Å². The first-order valence-electron chi connectivity index (χ1n) is 8.56. The molecule has 0 fully saturated rings. The number of hydrogen-bond acceptors (Lipinski definition) is 4. The fourth-order valence-electron chi connectivity index (χ4n) is 2.43. The average molecular weight is 364 g/mol. The molecule has 0 aromatic heterocycles. The third-order valence-electron chi connectivity index (χ3n) is 3.67. The summed E-state index contributed by atoms with van der Waals surface area (Å²) in [6, 6.07) is 13.7. The first-order chi connectivity index (χ1) is 12.2. The van der Waals surface area contributed by atoms with Gasteiger partial charge in [0, 0.05) is 30.8 Å². The van der Waals surface area contributed by atoms with Crippen molar-refractivity contribution >= 4 is 11.6 Å². The summed E-state index contributed by atoms with van der Waals surface area (Å²) in [6.07, 6.45) is 0.975. The van der Waals surface area contributed by atoms with Gasteiger partial charge in [0.25, 0.3) is 0 Å². The van der Waals surface area contributed by atoms with Gasteiger partial charge in [-0.1, -0.05) is 35.9 Å². The second-order valence-corrected chi connectivity index (χ2v) is 6.05. The van der Waals surface area contributed by atoms with Crippen molar-refractivity contribution < 1.29 is 14.2 Å². The molecule has 0 aliphatic heterocycles. The number of halogens is 1. The molecule has 0 aliphatic carbocycles. The van der Waals surface area contributed by atoms with Crippen LogP contribution in [0.4, 0.5) is 0 Å². The van der Waals surface area contributed by atoms with E-state index in [1.165, 1.54) is 0 Å². The molecule has 2 aromatic carbocycles. The highest BCUT2D eigenvalue weighted by Gasteiger charge is 2.11. The van der Waals surface area contributed by atoms with Crippen molar-refractivity contribution in [2.75, 3.05) is 26.9 Å². The molecule has 25 heavy (non-hydrogen) atoms. The number of benzene rings is 2. The van der Waals surface area contributed by atoms with Gasteiger partial charge in [-0.2, -0.15) is 0 Å². The van der Waals surface area contributed by atoms with Crippen LogP contribution in [0.5, 0.6) is 11.5 Å². The second-order valence-electron chi connectivity index (χ2n) is 5.62. The van der Waals surface area contributed by atoms with Gasteiger partial charge in [0.15, 0.2) is 11.5 Å². The zero-order valence-corrected chi connectivity index (χ0v) is 15.6. The number of methoxy groups -OCH3 is 1. The van der Waals surface area contributed by atoms with Gasteiger partial charge in [-0.05, 0) is 43.7 Å². The molecule has 0 aliphatic rings. The van der Waals surface area contributed by atoms with E-state index in [1.807, 2.05) is 43.3 Å². The molecule has 2 aromatic rings. The monoisotopic (exact) mass is 363 g/mol. The third-order valence-corrected chi connectivity index (χ3v) is 3.93. The molecule has 5 heteroatoms. The Bertz CT molecular complexity index is 631. The Hall–Kier alpha value is -1.75. The van der Waals surface area contributed by atoms with Gasteiger partial charge in [0.2, 0.25) is 0 Å². The lowest BCUT2D eigenvalue weighted by Crippen LogP contribution is -2.17. The van der Waals surface area contributed by atoms with Crippen LogP contribution in [0.25, 0.3) is 0 Å². The maximum atomic E-state index is 6.09. The van der Waals surface area contributed by atoms with Gasteiger partial charge in [-0.15, -0.1) is 0 Å². The normalized spacial score (nSPS) is 10.7. The molecule has 0 heterocycles. The highest BCUT2D eigenvalue weighted by molar-refractivity contribution is 6.30. The summed E-state index contributed by atoms with van der Waals surface area (Å²) in [5.41, 5.74) is 2.15. The maximum absolute atomic E-state index is 6.09. The standard InChI is InChI=1S/C20H26ClNO3/c1-3-24-19-7-4-6-17(14-22-12-5-13-23-2)20(19)25-15-16-8-10-18(21)11-9-16/h4,6-11,22H,3,5,12-15H2,1-2H3. The summed E-state index contributed by atoms with van der Waals surface area (Å²) >= 11 is 5.94. The van der Waals surface area contributed by atoms with Crippen LogP contribution in [0, 0.1) is 0 Å². The number of ether oxygens (including phenoxy) is 3. The van der Waals surface area contributed by atoms with Gasteiger partial charge in [0.05, 0.1) is 6.61 Å². The summed E-state index contributed by atoms with van der Waals surface area (Å²) in [5, 5.41) is 4.14. The molecule has 0 bridgehead atoms. The molecule has 2 rings (SSSR count). The summed E-state index contributed by atoms with van der Waals surface area (Å²) in [4.78, 5) is 0. The lowest BCUT2D eigenvalue weighted by Gasteiger charge is -2.16. The number of para-hydroxylation sites is 1. The average Bonchev–Trinajstić information content (AvgIpc) is 2.62. The Morgan fingerprint density at radius 3 is 2.56 bits per heavy atom. The van der Waals surface area contributed by atoms with E-state index >= 15 is 0 Å². The van der Waals surface area contributed by atoms with E-state index in [9.17, 15) is 0 Å². The molecule has 0 amide bonds. The number of hydrogen-bond donors (Lipinski definition) is 1. The molecule has 0 spiro atoms. The van der Waals surface area contributed by atoms with Gasteiger partial charge >= 0.3 is 0 Å². The van der Waals surface area contributed by atoms with E-state index in [-0.39, 0.29) is 0 Å². The van der Waals surface area contributed by atoms with Crippen LogP contribution in [-0.4, -0.2) is 26.9 Å². The van der Waals surface area contributed by atoms with E-state index in [1.54, 1.807) is 7.11 Å². The molecule has 0 saturated heterocycles. The molecule has 1 N–H and O–H groups in total. The van der Waals surface area contributed by atoms with Crippen molar-refractivity contribution in [1.82, 2.24) is 5.32 Å². The van der Waals surface area contributed by atoms with Crippen LogP contribution in [0.1, 0.15) is 24.5 Å². The second kappa shape index (κ2) is 11.0. The van der Waals surface area contributed by atoms with Crippen molar-refractivity contribution in [3.05, 3.63) is 58.6 Å². The summed E-state index contributed by atoms with van der Waals surface area (Å²) < 4.78 is 16.9. The lowest BCUT2D eigenvalue weighted by atomic mass is 10.1. The Morgan fingerprint density at radius 2 is 1.84 bits per heavy atom. The highest BCUT2D eigenvalue weighted by Crippen LogP contribution is 2.32. The minimum atomic E-state index is 0.470. The lowest BCUT2D eigenvalue weighted by molar-refractivity contribution is 0.194. The van der Waals surface area contributed by atoms with E-state index in [0.717, 1.165) is 53.8 Å². The molecule has 0 atom stereocenters. The first-order valence-corrected chi connectivity index (χ1v) is 8.94. The fourth-order valence-corrected chi connectivity index (χ4v) is 2.56. The van der Waals surface area contributed by atoms with Crippen LogP contribution in [-0.2, 0) is 17.9 Å². The maximum Gasteiger partial charge on any atom is 0.166 e. The van der Waals surface area contributed by atoms with Gasteiger partial charge in [0.1, 0.15) is 6.61 Å². The quantitative estimate of drug-likeness (QED) is 0.599. The van der Waals surface area contributed by atoms with Crippen LogP contribution in [0.2, 0.25) is 5.02 Å². The summed E-state index contributed by atoms with van der Waals surface area (Å²) in [5.74, 6) is 1.56. The Kier molecular flexibility index (Phi) is 8.60. The number of nitrogens with one attached hydrogen (secondary N) is 1. The predicted molar refractivity (Wildman–Crippen MR) is 102 cm³/mol. The molecule has 0 saturated carbocycles. The van der Waals surface area contributed by atoms with Gasteiger partial charge < -0.3 is 19.5 Å². The molecular weight excluding hydrogens is 338 g/mol. The SMILES string of the molecule is CCOc1cccc(CNCCCOC)c1OCc1ccc(Cl)cc1. The largest absolute Gasteiger partial charge is 0.490 e. The Balaban J connectivity index is 2.04. The highest BCUT2D eigenvalue weighted by atomic mass is 35.5. The first kappa shape index (κ1) is 19.6. The molecular formula is C20H26ClNO3. The van der Waals surface area contributed by atoms with Crippen molar-refractivity contribution in [3.8, 4) is 11.5 Å². The van der Waals surface area contributed by atoms with E-state index in [4.69, 9.17) is 25.8 Å². The van der Waals surface area contributed by atoms with Crippen LogP contribution >= 0.6 is 11.6 Å². The Morgan fingerprint density at radius 1 is 1.04 bits per heavy atom. The van der Waals surface area contributed by atoms with E-state index in [0.29, 0.717) is 13.2 Å². The third kappa shape index (κ3) is 6.58. The molecule has 0 unspecified atom stereocenters. The van der Waals surface area contributed by atoms with Gasteiger partial charge in [-0.25, -0.2) is 0 Å². The van der Waals surface area contributed by atoms with Crippen molar-refractivity contribution in [1.29, 1.82) is 0 Å². The van der Waals surface area contributed by atoms with Crippen molar-refractivity contribution in [2.45, 2.75) is 26.5 Å². The van der Waals surface area contributed by atoms with Crippen LogP contribution in [0.3, 0.4) is 0 Å². The van der Waals surface area contributed by atoms with Gasteiger partial charge in [-0.3, -0.25) is 0 Å². The van der Waals surface area contributed by atoms with Crippen molar-refractivity contribution in [2.24, 2.45) is 0 Å². The van der Waals surface area contributed by atoms with Crippen molar-refractivity contribution in [3.63, 3.8) is 0 Å². The minimum absolute atomic E-state index is 0.470. The molecule has 136 valence electrons.